The topological polar surface area (TPSA) is 64.9 Å². The van der Waals surface area contributed by atoms with Crippen LogP contribution in [-0.4, -0.2) is 10.1 Å². The molecule has 1 heterocycles. The average Bonchev–Trinajstić information content (AvgIpc) is 2.92. The molecule has 5 heteroatoms. The minimum Gasteiger partial charge on any atom is -0.338 e. The maximum Gasteiger partial charge on any atom is 0.243 e. The van der Waals surface area contributed by atoms with E-state index in [4.69, 9.17) is 10.3 Å². The van der Waals surface area contributed by atoms with E-state index < -0.39 is 0 Å². The molecule has 1 aromatic carbocycles. The van der Waals surface area contributed by atoms with Crippen LogP contribution >= 0.6 is 11.8 Å². The monoisotopic (exact) mass is 291 g/mol. The first kappa shape index (κ1) is 15.1. The van der Waals surface area contributed by atoms with E-state index in [1.807, 2.05) is 0 Å². The maximum absolute atomic E-state index is 6.09. The summed E-state index contributed by atoms with van der Waals surface area (Å²) in [5.41, 5.74) is 7.34. The summed E-state index contributed by atoms with van der Waals surface area (Å²) >= 11 is 1.70. The highest BCUT2D eigenvalue weighted by Gasteiger charge is 2.19. The van der Waals surface area contributed by atoms with Gasteiger partial charge in [0.25, 0.3) is 0 Å². The molecular formula is C15H21N3OS. The van der Waals surface area contributed by atoms with Crippen molar-refractivity contribution in [2.24, 2.45) is 11.7 Å². The van der Waals surface area contributed by atoms with Crippen molar-refractivity contribution >= 4 is 11.8 Å². The molecule has 2 atom stereocenters. The standard InChI is InChI=1S/C15H21N3OS/c1-4-11(3)14(16)15-17-13(18-19-15)9-20-12-7-5-6-10(2)8-12/h5-8,11,14H,4,9,16H2,1-3H3. The van der Waals surface area contributed by atoms with Crippen LogP contribution in [0.25, 0.3) is 0 Å². The molecular weight excluding hydrogens is 270 g/mol. The Morgan fingerprint density at radius 1 is 1.40 bits per heavy atom. The third kappa shape index (κ3) is 3.84. The number of aromatic nitrogens is 2. The number of benzene rings is 1. The van der Waals surface area contributed by atoms with Crippen LogP contribution in [0.2, 0.25) is 0 Å². The molecule has 0 fully saturated rings. The van der Waals surface area contributed by atoms with Gasteiger partial charge >= 0.3 is 0 Å². The van der Waals surface area contributed by atoms with Crippen molar-refractivity contribution in [3.8, 4) is 0 Å². The normalized spacial score (nSPS) is 14.2. The molecule has 0 aliphatic carbocycles. The van der Waals surface area contributed by atoms with Crippen LogP contribution in [0.1, 0.15) is 43.6 Å². The number of thioether (sulfide) groups is 1. The zero-order chi connectivity index (χ0) is 14.5. The Morgan fingerprint density at radius 2 is 2.20 bits per heavy atom. The SMILES string of the molecule is CCC(C)C(N)c1nc(CSc2cccc(C)c2)no1. The molecule has 20 heavy (non-hydrogen) atoms. The van der Waals surface area contributed by atoms with Crippen molar-refractivity contribution in [3.05, 3.63) is 41.5 Å². The largest absolute Gasteiger partial charge is 0.338 e. The number of hydrogen-bond acceptors (Lipinski definition) is 5. The molecule has 0 saturated heterocycles. The lowest BCUT2D eigenvalue weighted by molar-refractivity contribution is 0.311. The van der Waals surface area contributed by atoms with Gasteiger partial charge in [0.05, 0.1) is 11.8 Å². The van der Waals surface area contributed by atoms with Gasteiger partial charge in [0, 0.05) is 4.90 Å². The summed E-state index contributed by atoms with van der Waals surface area (Å²) in [6.07, 6.45) is 0.997. The van der Waals surface area contributed by atoms with E-state index in [0.29, 0.717) is 23.4 Å². The highest BCUT2D eigenvalue weighted by Crippen LogP contribution is 2.24. The molecule has 2 rings (SSSR count). The molecule has 4 nitrogen and oxygen atoms in total. The number of hydrogen-bond donors (Lipinski definition) is 1. The molecule has 2 aromatic rings. The Labute approximate surface area is 124 Å². The van der Waals surface area contributed by atoms with Crippen molar-refractivity contribution in [2.45, 2.75) is 43.9 Å². The number of rotatable bonds is 6. The van der Waals surface area contributed by atoms with E-state index in [0.717, 1.165) is 6.42 Å². The lowest BCUT2D eigenvalue weighted by Gasteiger charge is -2.12. The first-order valence-electron chi connectivity index (χ1n) is 6.87. The molecule has 0 aliphatic rings. The number of nitrogens with zero attached hydrogens (tertiary/aromatic N) is 2. The van der Waals surface area contributed by atoms with E-state index in [1.54, 1.807) is 11.8 Å². The Kier molecular flexibility index (Phi) is 5.20. The summed E-state index contributed by atoms with van der Waals surface area (Å²) in [6.45, 7) is 6.28. The first-order chi connectivity index (χ1) is 9.60. The van der Waals surface area contributed by atoms with Crippen LogP contribution in [0.15, 0.2) is 33.7 Å². The van der Waals surface area contributed by atoms with Gasteiger partial charge < -0.3 is 10.3 Å². The highest BCUT2D eigenvalue weighted by atomic mass is 32.2. The Morgan fingerprint density at radius 3 is 2.90 bits per heavy atom. The van der Waals surface area contributed by atoms with E-state index in [1.165, 1.54) is 10.5 Å². The lowest BCUT2D eigenvalue weighted by atomic mass is 10.0. The highest BCUT2D eigenvalue weighted by molar-refractivity contribution is 7.98. The van der Waals surface area contributed by atoms with Crippen LogP contribution in [0, 0.1) is 12.8 Å². The van der Waals surface area contributed by atoms with Crippen LogP contribution in [0.3, 0.4) is 0 Å². The van der Waals surface area contributed by atoms with Crippen LogP contribution < -0.4 is 5.73 Å². The smallest absolute Gasteiger partial charge is 0.243 e. The summed E-state index contributed by atoms with van der Waals surface area (Å²) in [4.78, 5) is 5.60. The third-order valence-corrected chi connectivity index (χ3v) is 4.37. The molecule has 2 unspecified atom stereocenters. The third-order valence-electron chi connectivity index (χ3n) is 3.38. The average molecular weight is 291 g/mol. The van der Waals surface area contributed by atoms with Gasteiger partial charge in [-0.1, -0.05) is 43.1 Å². The summed E-state index contributed by atoms with van der Waals surface area (Å²) in [7, 11) is 0. The molecule has 108 valence electrons. The predicted octanol–water partition coefficient (Wildman–Crippen LogP) is 3.72. The fourth-order valence-corrected chi connectivity index (χ4v) is 2.67. The van der Waals surface area contributed by atoms with Crippen molar-refractivity contribution < 1.29 is 4.52 Å². The van der Waals surface area contributed by atoms with Gasteiger partial charge in [-0.05, 0) is 25.0 Å². The van der Waals surface area contributed by atoms with Gasteiger partial charge in [-0.15, -0.1) is 11.8 Å². The Balaban J connectivity index is 1.96. The van der Waals surface area contributed by atoms with Gasteiger partial charge in [0.15, 0.2) is 5.82 Å². The van der Waals surface area contributed by atoms with Crippen molar-refractivity contribution in [1.82, 2.24) is 10.1 Å². The molecule has 0 radical (unpaired) electrons. The Bertz CT molecular complexity index is 556. The predicted molar refractivity (Wildman–Crippen MR) is 81.4 cm³/mol. The zero-order valence-electron chi connectivity index (χ0n) is 12.2. The second kappa shape index (κ2) is 6.90. The number of aryl methyl sites for hydroxylation is 1. The molecule has 0 saturated carbocycles. The van der Waals surface area contributed by atoms with Crippen molar-refractivity contribution in [1.29, 1.82) is 0 Å². The summed E-state index contributed by atoms with van der Waals surface area (Å²) in [5, 5.41) is 4.00. The van der Waals surface area contributed by atoms with E-state index >= 15 is 0 Å². The lowest BCUT2D eigenvalue weighted by Crippen LogP contribution is -2.18. The second-order valence-corrected chi connectivity index (χ2v) is 6.11. The van der Waals surface area contributed by atoms with Crippen LogP contribution in [0.5, 0.6) is 0 Å². The van der Waals surface area contributed by atoms with Gasteiger partial charge in [-0.3, -0.25) is 0 Å². The zero-order valence-corrected chi connectivity index (χ0v) is 13.0. The van der Waals surface area contributed by atoms with Crippen molar-refractivity contribution in [3.63, 3.8) is 0 Å². The molecule has 2 N–H and O–H groups in total. The Hall–Kier alpha value is -1.33. The number of nitrogens with two attached hydrogens (primary N) is 1. The van der Waals surface area contributed by atoms with Gasteiger partial charge in [-0.2, -0.15) is 4.98 Å². The fourth-order valence-electron chi connectivity index (χ4n) is 1.81. The minimum absolute atomic E-state index is 0.176. The molecule has 0 spiro atoms. The minimum atomic E-state index is -0.176. The van der Waals surface area contributed by atoms with Crippen molar-refractivity contribution in [2.75, 3.05) is 0 Å². The second-order valence-electron chi connectivity index (χ2n) is 5.07. The first-order valence-corrected chi connectivity index (χ1v) is 7.86. The van der Waals surface area contributed by atoms with Crippen LogP contribution in [0.4, 0.5) is 0 Å². The molecule has 0 bridgehead atoms. The molecule has 0 amide bonds. The summed E-state index contributed by atoms with van der Waals surface area (Å²) in [5.74, 6) is 2.28. The van der Waals surface area contributed by atoms with E-state index in [-0.39, 0.29) is 6.04 Å². The summed E-state index contributed by atoms with van der Waals surface area (Å²) in [6, 6.07) is 8.20. The molecule has 1 aromatic heterocycles. The summed E-state index contributed by atoms with van der Waals surface area (Å²) < 4.78 is 5.26. The van der Waals surface area contributed by atoms with E-state index in [2.05, 4.69) is 55.2 Å². The van der Waals surface area contributed by atoms with E-state index in [9.17, 15) is 0 Å². The van der Waals surface area contributed by atoms with Gasteiger partial charge in [-0.25, -0.2) is 0 Å². The molecule has 0 aliphatic heterocycles. The van der Waals surface area contributed by atoms with Gasteiger partial charge in [0.1, 0.15) is 0 Å². The fraction of sp³-hybridized carbons (Fsp3) is 0.467. The maximum atomic E-state index is 6.09. The quantitative estimate of drug-likeness (QED) is 0.822. The van der Waals surface area contributed by atoms with Crippen LogP contribution in [-0.2, 0) is 5.75 Å². The van der Waals surface area contributed by atoms with Gasteiger partial charge in [0.2, 0.25) is 5.89 Å².